The predicted octanol–water partition coefficient (Wildman–Crippen LogP) is 7.09. The number of nitrogens with zero attached hydrogens (tertiary/aromatic N) is 1. The Hall–Kier alpha value is -5.88. The second-order valence-corrected chi connectivity index (χ2v) is 10.7. The SMILES string of the molecule is COc1ccc(-c2cnoc2-c2cc(OC)c(OC)c(OC)c2)cc1.COc1ccc(C2OC2C(=O)c2cc(OC)c(OC)c(OC)c2)cc1. The molecule has 12 nitrogen and oxygen atoms in total. The Labute approximate surface area is 290 Å². The number of epoxide rings is 1. The fourth-order valence-corrected chi connectivity index (χ4v) is 5.38. The van der Waals surface area contributed by atoms with E-state index < -0.39 is 6.10 Å². The maximum absolute atomic E-state index is 12.7. The van der Waals surface area contributed by atoms with Crippen LogP contribution in [0.2, 0.25) is 0 Å². The number of methoxy groups -OCH3 is 8. The summed E-state index contributed by atoms with van der Waals surface area (Å²) in [5.41, 5.74) is 3.99. The lowest BCUT2D eigenvalue weighted by Crippen LogP contribution is -2.09. The number of rotatable bonds is 13. The summed E-state index contributed by atoms with van der Waals surface area (Å²) in [6, 6.07) is 22.1. The molecule has 4 aromatic carbocycles. The molecule has 1 saturated heterocycles. The molecule has 12 heteroatoms. The van der Waals surface area contributed by atoms with Gasteiger partial charge in [0.25, 0.3) is 0 Å². The molecule has 1 aromatic heterocycles. The summed E-state index contributed by atoms with van der Waals surface area (Å²) in [7, 11) is 12.5. The van der Waals surface area contributed by atoms with Crippen molar-refractivity contribution in [3.8, 4) is 68.4 Å². The molecule has 6 rings (SSSR count). The lowest BCUT2D eigenvalue weighted by atomic mass is 10.0. The first-order valence-electron chi connectivity index (χ1n) is 15.4. The number of carbonyl (C=O) groups is 1. The summed E-state index contributed by atoms with van der Waals surface area (Å²) in [5.74, 6) is 4.99. The van der Waals surface area contributed by atoms with E-state index in [4.69, 9.17) is 47.2 Å². The first-order valence-corrected chi connectivity index (χ1v) is 15.4. The summed E-state index contributed by atoms with van der Waals surface area (Å²) in [4.78, 5) is 12.7. The normalized spacial score (nSPS) is 14.4. The van der Waals surface area contributed by atoms with Crippen molar-refractivity contribution in [3.05, 3.63) is 90.1 Å². The van der Waals surface area contributed by atoms with Gasteiger partial charge in [-0.1, -0.05) is 29.4 Å². The smallest absolute Gasteiger partial charge is 0.203 e. The number of ether oxygens (including phenoxy) is 9. The van der Waals surface area contributed by atoms with E-state index in [0.717, 1.165) is 33.8 Å². The number of ketones is 1. The summed E-state index contributed by atoms with van der Waals surface area (Å²) >= 11 is 0. The molecule has 0 N–H and O–H groups in total. The van der Waals surface area contributed by atoms with Gasteiger partial charge in [0, 0.05) is 16.7 Å². The molecule has 1 aliphatic heterocycles. The first-order chi connectivity index (χ1) is 24.3. The van der Waals surface area contributed by atoms with E-state index in [2.05, 4.69) is 5.16 Å². The van der Waals surface area contributed by atoms with Crippen LogP contribution in [0.5, 0.6) is 46.0 Å². The van der Waals surface area contributed by atoms with E-state index in [9.17, 15) is 4.79 Å². The third-order valence-electron chi connectivity index (χ3n) is 8.04. The Kier molecular flexibility index (Phi) is 11.3. The van der Waals surface area contributed by atoms with Gasteiger partial charge in [0.15, 0.2) is 40.6 Å². The van der Waals surface area contributed by atoms with Crippen molar-refractivity contribution in [1.82, 2.24) is 5.16 Å². The first kappa shape index (κ1) is 35.4. The minimum absolute atomic E-state index is 0.125. The van der Waals surface area contributed by atoms with E-state index in [1.165, 1.54) is 21.3 Å². The van der Waals surface area contributed by atoms with Crippen molar-refractivity contribution in [2.45, 2.75) is 12.2 Å². The highest BCUT2D eigenvalue weighted by Gasteiger charge is 2.46. The quantitative estimate of drug-likeness (QED) is 0.0927. The van der Waals surface area contributed by atoms with E-state index in [-0.39, 0.29) is 11.9 Å². The zero-order chi connectivity index (χ0) is 35.8. The van der Waals surface area contributed by atoms with Crippen molar-refractivity contribution in [2.24, 2.45) is 0 Å². The minimum Gasteiger partial charge on any atom is -0.497 e. The molecule has 0 aliphatic carbocycles. The summed E-state index contributed by atoms with van der Waals surface area (Å²) < 4.78 is 53.5. The number of carbonyl (C=O) groups excluding carboxylic acids is 1. The fraction of sp³-hybridized carbons (Fsp3) is 0.263. The number of hydrogen-bond acceptors (Lipinski definition) is 12. The highest BCUT2D eigenvalue weighted by atomic mass is 16.6. The third-order valence-corrected chi connectivity index (χ3v) is 8.04. The van der Waals surface area contributed by atoms with Crippen LogP contribution in [0, 0.1) is 0 Å². The fourth-order valence-electron chi connectivity index (χ4n) is 5.38. The largest absolute Gasteiger partial charge is 0.497 e. The molecule has 0 bridgehead atoms. The van der Waals surface area contributed by atoms with Gasteiger partial charge in [0.2, 0.25) is 11.5 Å². The second kappa shape index (κ2) is 16.0. The number of hydrogen-bond donors (Lipinski definition) is 0. The molecule has 2 atom stereocenters. The van der Waals surface area contributed by atoms with E-state index in [1.54, 1.807) is 53.9 Å². The molecule has 5 aromatic rings. The molecule has 0 saturated carbocycles. The summed E-state index contributed by atoms with van der Waals surface area (Å²) in [5, 5.41) is 3.95. The maximum Gasteiger partial charge on any atom is 0.203 e. The second-order valence-electron chi connectivity index (χ2n) is 10.7. The Morgan fingerprint density at radius 3 is 1.52 bits per heavy atom. The van der Waals surface area contributed by atoms with E-state index in [0.29, 0.717) is 45.8 Å². The zero-order valence-corrected chi connectivity index (χ0v) is 29.1. The lowest BCUT2D eigenvalue weighted by molar-refractivity contribution is 0.0953. The van der Waals surface area contributed by atoms with Crippen LogP contribution in [-0.4, -0.2) is 73.9 Å². The molecule has 0 spiro atoms. The van der Waals surface area contributed by atoms with Crippen molar-refractivity contribution in [1.29, 1.82) is 0 Å². The average molecular weight is 686 g/mol. The predicted molar refractivity (Wildman–Crippen MR) is 185 cm³/mol. The van der Waals surface area contributed by atoms with Crippen molar-refractivity contribution in [2.75, 3.05) is 56.9 Å². The van der Waals surface area contributed by atoms with Crippen LogP contribution in [0.3, 0.4) is 0 Å². The molecule has 1 aliphatic rings. The summed E-state index contributed by atoms with van der Waals surface area (Å²) in [6.07, 6.45) is 0.911. The zero-order valence-electron chi connectivity index (χ0n) is 29.1. The van der Waals surface area contributed by atoms with E-state index in [1.807, 2.05) is 60.7 Å². The number of benzene rings is 4. The monoisotopic (exact) mass is 685 g/mol. The van der Waals surface area contributed by atoms with Gasteiger partial charge in [0.05, 0.1) is 63.1 Å². The van der Waals surface area contributed by atoms with E-state index >= 15 is 0 Å². The van der Waals surface area contributed by atoms with Crippen LogP contribution >= 0.6 is 0 Å². The molecule has 0 amide bonds. The van der Waals surface area contributed by atoms with Gasteiger partial charge in [-0.25, -0.2) is 0 Å². The van der Waals surface area contributed by atoms with Gasteiger partial charge in [-0.05, 0) is 59.7 Å². The highest BCUT2D eigenvalue weighted by Crippen LogP contribution is 2.45. The minimum atomic E-state index is -0.517. The molecule has 1 fully saturated rings. The van der Waals surface area contributed by atoms with Crippen molar-refractivity contribution >= 4 is 5.78 Å². The van der Waals surface area contributed by atoms with Crippen LogP contribution in [0.1, 0.15) is 22.0 Å². The maximum atomic E-state index is 12.7. The van der Waals surface area contributed by atoms with Crippen LogP contribution in [-0.2, 0) is 4.74 Å². The molecular weight excluding hydrogens is 646 g/mol. The highest BCUT2D eigenvalue weighted by molar-refractivity contribution is 6.02. The average Bonchev–Trinajstić information content (AvgIpc) is 3.83. The summed E-state index contributed by atoms with van der Waals surface area (Å²) in [6.45, 7) is 0. The van der Waals surface area contributed by atoms with Gasteiger partial charge in [-0.15, -0.1) is 0 Å². The molecule has 2 unspecified atom stereocenters. The Morgan fingerprint density at radius 1 is 0.580 bits per heavy atom. The van der Waals surface area contributed by atoms with Crippen LogP contribution < -0.4 is 37.9 Å². The lowest BCUT2D eigenvalue weighted by Gasteiger charge is -2.13. The molecule has 0 radical (unpaired) electrons. The topological polar surface area (TPSA) is 129 Å². The standard InChI is InChI=1S/C19H19NO5.C19H20O6/c1-21-14-7-5-12(6-8-14)15-11-20-25-18(15)13-9-16(22-2)19(24-4)17(10-13)23-3;1-21-13-7-5-11(6-8-13)17-19(25-17)16(20)12-9-14(22-2)18(24-4)15(10-12)23-3/h5-11H,1-4H3;5-10,17,19H,1-4H3. The third kappa shape index (κ3) is 7.40. The van der Waals surface area contributed by atoms with Gasteiger partial charge >= 0.3 is 0 Å². The number of Topliss-reactive ketones (excluding diaryl/α,β-unsaturated/α-hetero) is 1. The Balaban J connectivity index is 0.000000194. The molecule has 2 heterocycles. The van der Waals surface area contributed by atoms with Crippen LogP contribution in [0.25, 0.3) is 22.5 Å². The van der Waals surface area contributed by atoms with Crippen LogP contribution in [0.4, 0.5) is 0 Å². The van der Waals surface area contributed by atoms with Gasteiger partial charge < -0.3 is 47.2 Å². The van der Waals surface area contributed by atoms with Gasteiger partial charge in [0.1, 0.15) is 17.6 Å². The Morgan fingerprint density at radius 2 is 1.06 bits per heavy atom. The van der Waals surface area contributed by atoms with Gasteiger partial charge in [-0.2, -0.15) is 0 Å². The van der Waals surface area contributed by atoms with Crippen LogP contribution in [0.15, 0.2) is 83.5 Å². The number of aromatic nitrogens is 1. The Bertz CT molecular complexity index is 1850. The van der Waals surface area contributed by atoms with Gasteiger partial charge in [-0.3, -0.25) is 4.79 Å². The molecule has 262 valence electrons. The molecular formula is C38H39NO11. The molecule has 50 heavy (non-hydrogen) atoms. The van der Waals surface area contributed by atoms with Crippen molar-refractivity contribution < 1.29 is 51.9 Å². The van der Waals surface area contributed by atoms with Crippen molar-refractivity contribution in [3.63, 3.8) is 0 Å².